The lowest BCUT2D eigenvalue weighted by atomic mass is 9.95. The van der Waals surface area contributed by atoms with Gasteiger partial charge in [-0.1, -0.05) is 111 Å². The fourth-order valence-corrected chi connectivity index (χ4v) is 14.8. The molecule has 0 spiro atoms. The Morgan fingerprint density at radius 1 is 0.250 bits per heavy atom. The van der Waals surface area contributed by atoms with Crippen molar-refractivity contribution in [2.45, 2.75) is 214 Å². The molecule has 84 heavy (non-hydrogen) atoms. The summed E-state index contributed by atoms with van der Waals surface area (Å²) in [7, 11) is 0. The van der Waals surface area contributed by atoms with E-state index in [4.69, 9.17) is 19.9 Å². The molecule has 434 valence electrons. The van der Waals surface area contributed by atoms with Gasteiger partial charge in [-0.25, -0.2) is 19.9 Å². The minimum absolute atomic E-state index is 0.810. The number of allylic oxidation sites excluding steroid dienone is 8. The largest absolute Gasteiger partial charge is 0.355 e. The summed E-state index contributed by atoms with van der Waals surface area (Å²) in [6.45, 7) is 36.3. The summed E-state index contributed by atoms with van der Waals surface area (Å²) in [6.07, 6.45) is 14.0. The third-order valence-electron chi connectivity index (χ3n) is 18.7. The summed E-state index contributed by atoms with van der Waals surface area (Å²) in [5, 5.41) is 0. The van der Waals surface area contributed by atoms with E-state index in [1.165, 1.54) is 89.1 Å². The molecule has 16 bridgehead atoms. The predicted molar refractivity (Wildman–Crippen MR) is 360 cm³/mol. The van der Waals surface area contributed by atoms with Crippen molar-refractivity contribution in [3.63, 3.8) is 0 Å². The highest BCUT2D eigenvalue weighted by Gasteiger charge is 2.28. The van der Waals surface area contributed by atoms with Crippen molar-refractivity contribution in [1.82, 2.24) is 39.9 Å². The zero-order valence-corrected chi connectivity index (χ0v) is 53.6. The Balaban J connectivity index is 1.36. The molecule has 4 aliphatic heterocycles. The highest BCUT2D eigenvalue weighted by Crippen LogP contribution is 2.43. The first-order valence-electron chi connectivity index (χ1n) is 32.5. The summed E-state index contributed by atoms with van der Waals surface area (Å²) >= 11 is 0. The van der Waals surface area contributed by atoms with Crippen LogP contribution in [0.2, 0.25) is 0 Å². The first kappa shape index (κ1) is 59.5. The second kappa shape index (κ2) is 25.3. The molecule has 0 fully saturated rings. The summed E-state index contributed by atoms with van der Waals surface area (Å²) in [5.41, 5.74) is 39.3. The van der Waals surface area contributed by atoms with E-state index in [0.717, 1.165) is 204 Å². The average molecular weight is 1120 g/mol. The minimum atomic E-state index is 0.810. The van der Waals surface area contributed by atoms with E-state index in [0.29, 0.717) is 0 Å². The van der Waals surface area contributed by atoms with Crippen molar-refractivity contribution in [1.29, 1.82) is 0 Å². The van der Waals surface area contributed by atoms with Crippen molar-refractivity contribution < 1.29 is 0 Å². The lowest BCUT2D eigenvalue weighted by Crippen LogP contribution is -1.93. The third-order valence-corrected chi connectivity index (χ3v) is 18.7. The molecular formula is C76H90N8. The number of fused-ring (bicyclic) bond motifs is 16. The Kier molecular flexibility index (Phi) is 17.9. The van der Waals surface area contributed by atoms with Crippen LogP contribution in [0.15, 0.2) is 36.4 Å². The highest BCUT2D eigenvalue weighted by molar-refractivity contribution is 6.00. The van der Waals surface area contributed by atoms with Crippen LogP contribution < -0.4 is 0 Å². The van der Waals surface area contributed by atoms with E-state index < -0.39 is 0 Å². The second-order valence-corrected chi connectivity index (χ2v) is 22.6. The number of hydrogen-bond acceptors (Lipinski definition) is 4. The first-order valence-corrected chi connectivity index (χ1v) is 32.5. The first-order chi connectivity index (χ1) is 40.9. The Morgan fingerprint density at radius 3 is 0.798 bits per heavy atom. The molecule has 6 aromatic rings. The van der Waals surface area contributed by atoms with Crippen molar-refractivity contribution in [3.8, 4) is 23.7 Å². The van der Waals surface area contributed by atoms with Gasteiger partial charge in [0.2, 0.25) is 0 Å². The summed E-state index contributed by atoms with van der Waals surface area (Å²) in [4.78, 5) is 38.4. The fourth-order valence-electron chi connectivity index (χ4n) is 14.8. The molecule has 0 saturated heterocycles. The van der Waals surface area contributed by atoms with E-state index in [1.807, 2.05) is 0 Å². The molecule has 8 nitrogen and oxygen atoms in total. The number of aryl methyl sites for hydroxylation is 8. The molecule has 0 saturated carbocycles. The second-order valence-electron chi connectivity index (χ2n) is 22.6. The topological polar surface area (TPSA) is 115 Å². The van der Waals surface area contributed by atoms with Gasteiger partial charge in [0.05, 0.1) is 67.7 Å². The third kappa shape index (κ3) is 10.1. The van der Waals surface area contributed by atoms with E-state index in [9.17, 15) is 0 Å². The normalized spacial score (nSPS) is 13.4. The van der Waals surface area contributed by atoms with Gasteiger partial charge in [-0.15, -0.1) is 0 Å². The van der Waals surface area contributed by atoms with Gasteiger partial charge in [-0.05, 0) is 252 Å². The molecule has 8 heteroatoms. The molecule has 0 radical (unpaired) electrons. The quantitative estimate of drug-likeness (QED) is 0.0723. The van der Waals surface area contributed by atoms with E-state index in [1.54, 1.807) is 0 Å². The molecule has 10 rings (SSSR count). The predicted octanol–water partition coefficient (Wildman–Crippen LogP) is 19.8. The molecule has 4 aliphatic rings. The zero-order chi connectivity index (χ0) is 59.7. The smallest absolute Gasteiger partial charge is 0.0850 e. The number of nitrogens with one attached hydrogen (secondary N) is 4. The summed E-state index contributed by atoms with van der Waals surface area (Å²) in [6, 6.07) is 13.9. The number of rotatable bonds is 16. The van der Waals surface area contributed by atoms with Crippen LogP contribution in [0.3, 0.4) is 0 Å². The van der Waals surface area contributed by atoms with Crippen LogP contribution in [0.1, 0.15) is 263 Å². The lowest BCUT2D eigenvalue weighted by molar-refractivity contribution is 1.07. The van der Waals surface area contributed by atoms with E-state index in [-0.39, 0.29) is 0 Å². The van der Waals surface area contributed by atoms with E-state index >= 15 is 0 Å². The Hall–Kier alpha value is -7.68. The van der Waals surface area contributed by atoms with Crippen LogP contribution in [0.5, 0.6) is 0 Å². The van der Waals surface area contributed by atoms with E-state index in [2.05, 4.69) is 191 Å². The molecule has 6 aromatic heterocycles. The number of H-pyrrole nitrogens is 4. The molecule has 0 aliphatic carbocycles. The summed E-state index contributed by atoms with van der Waals surface area (Å²) < 4.78 is 0. The lowest BCUT2D eigenvalue weighted by Gasteiger charge is -2.06. The fraction of sp³-hybridized carbons (Fsp3) is 0.421. The van der Waals surface area contributed by atoms with Gasteiger partial charge >= 0.3 is 0 Å². The number of hydrogen-bond donors (Lipinski definition) is 4. The minimum Gasteiger partial charge on any atom is -0.355 e. The van der Waals surface area contributed by atoms with Gasteiger partial charge < -0.3 is 19.9 Å². The van der Waals surface area contributed by atoms with Crippen LogP contribution in [0.25, 0.3) is 88.7 Å². The highest BCUT2D eigenvalue weighted by atomic mass is 14.8. The maximum Gasteiger partial charge on any atom is 0.0850 e. The number of aromatic amines is 4. The monoisotopic (exact) mass is 1110 g/mol. The molecule has 0 unspecified atom stereocenters. The molecule has 0 amide bonds. The van der Waals surface area contributed by atoms with Crippen molar-refractivity contribution in [2.75, 3.05) is 0 Å². The molecule has 4 N–H and O–H groups in total. The summed E-state index contributed by atoms with van der Waals surface area (Å²) in [5.74, 6) is 14.7. The van der Waals surface area contributed by atoms with Gasteiger partial charge in [-0.3, -0.25) is 0 Å². The van der Waals surface area contributed by atoms with Gasteiger partial charge in [0.15, 0.2) is 0 Å². The van der Waals surface area contributed by atoms with Crippen molar-refractivity contribution >= 4 is 88.7 Å². The van der Waals surface area contributed by atoms with Crippen molar-refractivity contribution in [2.24, 2.45) is 0 Å². The molecule has 10 heterocycles. The van der Waals surface area contributed by atoms with Crippen LogP contribution in [-0.2, 0) is 51.4 Å². The van der Waals surface area contributed by atoms with Gasteiger partial charge in [0.25, 0.3) is 0 Å². The van der Waals surface area contributed by atoms with Crippen LogP contribution in [0, 0.1) is 23.7 Å². The van der Waals surface area contributed by atoms with Gasteiger partial charge in [0, 0.05) is 33.1 Å². The SMILES string of the molecule is CCC1=C(CC)c2cc3[nH]c(cc4[nH]c(c(C#CC#Cc5c6nc(cc7[nH]c(cc8nc(cc9[nH]c5c(CC)c9CC)C(CC)=C8CC)c(CC)c7CC)C(CC)=C6CC)c5nc(cc1n2)C(CC)=C5CC)c(CC)c4CC)c(CC)c3CC. The van der Waals surface area contributed by atoms with Crippen LogP contribution in [-0.4, -0.2) is 39.9 Å². The number of aromatic nitrogens is 8. The molecular weight excluding hydrogens is 1020 g/mol. The average Bonchev–Trinajstić information content (AvgIpc) is 2.67. The van der Waals surface area contributed by atoms with Crippen LogP contribution >= 0.6 is 0 Å². The zero-order valence-electron chi connectivity index (χ0n) is 53.6. The Morgan fingerprint density at radius 2 is 0.488 bits per heavy atom. The Bertz CT molecular complexity index is 4250. The Labute approximate surface area is 500 Å². The maximum atomic E-state index is 5.72. The standard InChI is InChI=1S/C76H90N8/c1-17-43-47(21-5)65-39-69-51(25-9)55(29-13)73(81-69)59(74-56(30-14)52(26-10)70(82-74)40-66-48(22-6)44(18-2)62(78-66)37-61(43)77-65)35-33-34-36-60-75-57(31-15)53(27-11)71(83-75)41-67-49(23-7)45(19-3)63(79-67)38-64-46(20-4)50(24-8)68(80-64)42-72-54(28-12)58(32-16)76(60)84-72/h37-42,77,79,81,84H,17-32H2,1-16H3. The van der Waals surface area contributed by atoms with Crippen molar-refractivity contribution in [3.05, 3.63) is 138 Å². The van der Waals surface area contributed by atoms with Crippen LogP contribution in [0.4, 0.5) is 0 Å². The molecule has 0 atom stereocenters. The maximum absolute atomic E-state index is 5.72. The molecule has 0 aromatic carbocycles. The van der Waals surface area contributed by atoms with Gasteiger partial charge in [0.1, 0.15) is 0 Å². The van der Waals surface area contributed by atoms with Gasteiger partial charge in [-0.2, -0.15) is 0 Å². The number of nitrogens with zero attached hydrogens (tertiary/aromatic N) is 4.